The average molecular weight is 315 g/mol. The van der Waals surface area contributed by atoms with E-state index in [1.165, 1.54) is 43.1 Å². The van der Waals surface area contributed by atoms with Gasteiger partial charge in [0.1, 0.15) is 5.82 Å². The van der Waals surface area contributed by atoms with Gasteiger partial charge in [-0.2, -0.15) is 0 Å². The SMILES string of the molecule is CCCCCC[C@@H](C)Nc1nc2cc(Cl)c(F)cc2s1. The van der Waals surface area contributed by atoms with Crippen molar-refractivity contribution in [3.63, 3.8) is 0 Å². The Bertz CT molecular complexity index is 531. The average Bonchev–Trinajstić information content (AvgIpc) is 2.76. The first-order valence-corrected chi connectivity index (χ1v) is 8.31. The van der Waals surface area contributed by atoms with Crippen molar-refractivity contribution in [2.24, 2.45) is 0 Å². The van der Waals surface area contributed by atoms with Crippen LogP contribution < -0.4 is 5.32 Å². The number of aromatic nitrogens is 1. The summed E-state index contributed by atoms with van der Waals surface area (Å²) < 4.78 is 14.2. The molecule has 1 heterocycles. The maximum atomic E-state index is 13.4. The fourth-order valence-electron chi connectivity index (χ4n) is 2.15. The van der Waals surface area contributed by atoms with E-state index in [2.05, 4.69) is 24.1 Å². The number of hydrogen-bond donors (Lipinski definition) is 1. The molecule has 2 rings (SSSR count). The molecule has 2 aromatic rings. The molecule has 0 bridgehead atoms. The van der Waals surface area contributed by atoms with Crippen LogP contribution in [0, 0.1) is 5.82 Å². The minimum absolute atomic E-state index is 0.127. The number of anilines is 1. The van der Waals surface area contributed by atoms with Crippen molar-refractivity contribution >= 4 is 38.3 Å². The van der Waals surface area contributed by atoms with Gasteiger partial charge in [-0.05, 0) is 25.5 Å². The minimum Gasteiger partial charge on any atom is -0.359 e. The number of unbranched alkanes of at least 4 members (excludes halogenated alkanes) is 3. The molecule has 0 spiro atoms. The van der Waals surface area contributed by atoms with Crippen molar-refractivity contribution in [2.75, 3.05) is 5.32 Å². The third kappa shape index (κ3) is 4.06. The Morgan fingerprint density at radius 1 is 1.35 bits per heavy atom. The molecule has 0 aliphatic carbocycles. The standard InChI is InChI=1S/C15H20ClFN2S/c1-3-4-5-6-7-10(2)18-15-19-13-8-11(16)12(17)9-14(13)20-15/h8-10H,3-7H2,1-2H3,(H,18,19)/t10-/m1/s1. The Morgan fingerprint density at radius 3 is 2.90 bits per heavy atom. The molecule has 0 amide bonds. The molecule has 0 unspecified atom stereocenters. The molecule has 2 nitrogen and oxygen atoms in total. The molecule has 1 aromatic heterocycles. The highest BCUT2D eigenvalue weighted by Crippen LogP contribution is 2.30. The van der Waals surface area contributed by atoms with Gasteiger partial charge in [0.2, 0.25) is 0 Å². The number of nitrogens with one attached hydrogen (secondary N) is 1. The van der Waals surface area contributed by atoms with Crippen molar-refractivity contribution in [2.45, 2.75) is 52.0 Å². The van der Waals surface area contributed by atoms with Gasteiger partial charge in [0, 0.05) is 6.04 Å². The largest absolute Gasteiger partial charge is 0.359 e. The summed E-state index contributed by atoms with van der Waals surface area (Å²) in [5.41, 5.74) is 0.752. The number of halogens is 2. The predicted molar refractivity (Wildman–Crippen MR) is 86.4 cm³/mol. The van der Waals surface area contributed by atoms with Crippen LogP contribution in [0.3, 0.4) is 0 Å². The second-order valence-corrected chi connectivity index (χ2v) is 6.59. The normalized spacial score (nSPS) is 12.8. The molecule has 1 N–H and O–H groups in total. The molecule has 20 heavy (non-hydrogen) atoms. The number of rotatable bonds is 7. The first-order valence-electron chi connectivity index (χ1n) is 7.12. The van der Waals surface area contributed by atoms with Crippen LogP contribution in [-0.4, -0.2) is 11.0 Å². The van der Waals surface area contributed by atoms with Gasteiger partial charge in [-0.15, -0.1) is 0 Å². The minimum atomic E-state index is -0.387. The predicted octanol–water partition coefficient (Wildman–Crippen LogP) is 5.86. The van der Waals surface area contributed by atoms with E-state index in [1.807, 2.05) is 0 Å². The summed E-state index contributed by atoms with van der Waals surface area (Å²) in [4.78, 5) is 4.46. The van der Waals surface area contributed by atoms with Gasteiger partial charge < -0.3 is 5.32 Å². The van der Waals surface area contributed by atoms with Crippen molar-refractivity contribution in [1.29, 1.82) is 0 Å². The van der Waals surface area contributed by atoms with Gasteiger partial charge in [-0.1, -0.05) is 55.5 Å². The van der Waals surface area contributed by atoms with E-state index in [1.54, 1.807) is 6.07 Å². The summed E-state index contributed by atoms with van der Waals surface area (Å²) in [6.45, 7) is 4.37. The third-order valence-corrected chi connectivity index (χ3v) is 4.53. The summed E-state index contributed by atoms with van der Waals surface area (Å²) in [5.74, 6) is -0.387. The summed E-state index contributed by atoms with van der Waals surface area (Å²) >= 11 is 7.24. The lowest BCUT2D eigenvalue weighted by Crippen LogP contribution is -2.14. The summed E-state index contributed by atoms with van der Waals surface area (Å²) in [6, 6.07) is 3.42. The number of hydrogen-bond acceptors (Lipinski definition) is 3. The molecule has 0 saturated carbocycles. The highest BCUT2D eigenvalue weighted by atomic mass is 35.5. The second-order valence-electron chi connectivity index (χ2n) is 5.15. The molecule has 0 saturated heterocycles. The third-order valence-electron chi connectivity index (χ3n) is 3.29. The maximum absolute atomic E-state index is 13.4. The Hall–Kier alpha value is -0.870. The van der Waals surface area contributed by atoms with Crippen LogP contribution in [0.25, 0.3) is 10.2 Å². The number of fused-ring (bicyclic) bond motifs is 1. The topological polar surface area (TPSA) is 24.9 Å². The van der Waals surface area contributed by atoms with Gasteiger partial charge in [0.05, 0.1) is 15.2 Å². The quantitative estimate of drug-likeness (QED) is 0.647. The molecule has 0 fully saturated rings. The zero-order valence-electron chi connectivity index (χ0n) is 11.9. The molecule has 110 valence electrons. The van der Waals surface area contributed by atoms with E-state index in [4.69, 9.17) is 11.6 Å². The van der Waals surface area contributed by atoms with E-state index in [0.29, 0.717) is 6.04 Å². The Kier molecular flexibility index (Phi) is 5.61. The van der Waals surface area contributed by atoms with Crippen LogP contribution in [0.4, 0.5) is 9.52 Å². The fourth-order valence-corrected chi connectivity index (χ4v) is 3.29. The Balaban J connectivity index is 1.96. The van der Waals surface area contributed by atoms with E-state index < -0.39 is 0 Å². The van der Waals surface area contributed by atoms with Gasteiger partial charge in [0.25, 0.3) is 0 Å². The van der Waals surface area contributed by atoms with Gasteiger partial charge in [-0.25, -0.2) is 9.37 Å². The second kappa shape index (κ2) is 7.23. The molecule has 1 atom stereocenters. The fraction of sp³-hybridized carbons (Fsp3) is 0.533. The van der Waals surface area contributed by atoms with E-state index in [0.717, 1.165) is 21.8 Å². The molecule has 0 aliphatic heterocycles. The lowest BCUT2D eigenvalue weighted by Gasteiger charge is -2.12. The van der Waals surface area contributed by atoms with Gasteiger partial charge in [0.15, 0.2) is 5.13 Å². The molecule has 0 radical (unpaired) electrons. The zero-order chi connectivity index (χ0) is 14.5. The highest BCUT2D eigenvalue weighted by Gasteiger charge is 2.10. The van der Waals surface area contributed by atoms with Crippen molar-refractivity contribution in [1.82, 2.24) is 4.98 Å². The van der Waals surface area contributed by atoms with Crippen LogP contribution in [0.5, 0.6) is 0 Å². The van der Waals surface area contributed by atoms with E-state index >= 15 is 0 Å². The van der Waals surface area contributed by atoms with Gasteiger partial charge >= 0.3 is 0 Å². The zero-order valence-corrected chi connectivity index (χ0v) is 13.5. The molecule has 1 aromatic carbocycles. The molecule has 5 heteroatoms. The van der Waals surface area contributed by atoms with Crippen LogP contribution in [0.1, 0.15) is 46.0 Å². The molecular formula is C15H20ClFN2S. The summed E-state index contributed by atoms with van der Waals surface area (Å²) in [5, 5.41) is 4.35. The number of thiazole rings is 1. The van der Waals surface area contributed by atoms with Crippen LogP contribution in [-0.2, 0) is 0 Å². The molecular weight excluding hydrogens is 295 g/mol. The lowest BCUT2D eigenvalue weighted by molar-refractivity contribution is 0.594. The van der Waals surface area contributed by atoms with Crippen LogP contribution in [0.15, 0.2) is 12.1 Å². The first kappa shape index (κ1) is 15.5. The van der Waals surface area contributed by atoms with Crippen LogP contribution in [0.2, 0.25) is 5.02 Å². The Morgan fingerprint density at radius 2 is 2.15 bits per heavy atom. The summed E-state index contributed by atoms with van der Waals surface area (Å²) in [6.07, 6.45) is 6.19. The smallest absolute Gasteiger partial charge is 0.184 e. The van der Waals surface area contributed by atoms with Crippen molar-refractivity contribution < 1.29 is 4.39 Å². The first-order chi connectivity index (χ1) is 9.60. The number of nitrogens with zero attached hydrogens (tertiary/aromatic N) is 1. The monoisotopic (exact) mass is 314 g/mol. The van der Waals surface area contributed by atoms with Gasteiger partial charge in [-0.3, -0.25) is 0 Å². The highest BCUT2D eigenvalue weighted by molar-refractivity contribution is 7.22. The maximum Gasteiger partial charge on any atom is 0.184 e. The molecule has 0 aliphatic rings. The summed E-state index contributed by atoms with van der Waals surface area (Å²) in [7, 11) is 0. The van der Waals surface area contributed by atoms with Crippen LogP contribution >= 0.6 is 22.9 Å². The number of benzene rings is 1. The van der Waals surface area contributed by atoms with E-state index in [-0.39, 0.29) is 10.8 Å². The van der Waals surface area contributed by atoms with Crippen molar-refractivity contribution in [3.05, 3.63) is 23.0 Å². The lowest BCUT2D eigenvalue weighted by atomic mass is 10.1. The van der Waals surface area contributed by atoms with E-state index in [9.17, 15) is 4.39 Å². The Labute approximate surface area is 128 Å². The van der Waals surface area contributed by atoms with Crippen molar-refractivity contribution in [3.8, 4) is 0 Å².